The molecule has 1 amide bonds. The van der Waals surface area contributed by atoms with Crippen molar-refractivity contribution in [1.82, 2.24) is 9.99 Å². The van der Waals surface area contributed by atoms with Crippen molar-refractivity contribution in [3.63, 3.8) is 0 Å². The maximum atomic E-state index is 12.2. The van der Waals surface area contributed by atoms with Crippen LogP contribution in [-0.2, 0) is 0 Å². The highest BCUT2D eigenvalue weighted by molar-refractivity contribution is 6.35. The highest BCUT2D eigenvalue weighted by Crippen LogP contribution is 2.28. The Labute approximate surface area is 173 Å². The van der Waals surface area contributed by atoms with Gasteiger partial charge in [0, 0.05) is 27.5 Å². The van der Waals surface area contributed by atoms with Gasteiger partial charge in [-0.25, -0.2) is 5.43 Å². The van der Waals surface area contributed by atoms with E-state index in [0.717, 1.165) is 22.6 Å². The van der Waals surface area contributed by atoms with Crippen molar-refractivity contribution in [2.24, 2.45) is 5.10 Å². The van der Waals surface area contributed by atoms with Crippen LogP contribution >= 0.6 is 23.2 Å². The molecule has 144 valence electrons. The van der Waals surface area contributed by atoms with Gasteiger partial charge in [-0.2, -0.15) is 5.10 Å². The first-order valence-electron chi connectivity index (χ1n) is 8.52. The van der Waals surface area contributed by atoms with Crippen LogP contribution in [0.2, 0.25) is 10.0 Å². The number of hydrazone groups is 1. The van der Waals surface area contributed by atoms with Crippen LogP contribution in [0, 0.1) is 13.8 Å². The average molecular weight is 416 g/mol. The van der Waals surface area contributed by atoms with Gasteiger partial charge in [-0.1, -0.05) is 23.2 Å². The summed E-state index contributed by atoms with van der Waals surface area (Å²) in [7, 11) is 1.58. The summed E-state index contributed by atoms with van der Waals surface area (Å²) in [5.74, 6) is 0.391. The van der Waals surface area contributed by atoms with Gasteiger partial charge in [0.05, 0.1) is 24.0 Å². The lowest BCUT2D eigenvalue weighted by Gasteiger charge is -2.11. The van der Waals surface area contributed by atoms with Gasteiger partial charge in [0.15, 0.2) is 0 Å². The number of methoxy groups -OCH3 is 1. The maximum absolute atomic E-state index is 12.2. The van der Waals surface area contributed by atoms with Gasteiger partial charge in [0.1, 0.15) is 5.75 Å². The molecule has 1 N–H and O–H groups in total. The highest BCUT2D eigenvalue weighted by atomic mass is 35.5. The van der Waals surface area contributed by atoms with E-state index in [1.54, 1.807) is 49.7 Å². The zero-order valence-corrected chi connectivity index (χ0v) is 17.2. The summed E-state index contributed by atoms with van der Waals surface area (Å²) in [5.41, 5.74) is 6.68. The molecule has 1 heterocycles. The minimum absolute atomic E-state index is 0.298. The lowest BCUT2D eigenvalue weighted by atomic mass is 10.2. The van der Waals surface area contributed by atoms with E-state index in [4.69, 9.17) is 27.9 Å². The number of hydrogen-bond donors (Lipinski definition) is 1. The molecule has 0 atom stereocenters. The molecule has 0 bridgehead atoms. The number of carbonyl (C=O) groups excluding carboxylic acids is 1. The van der Waals surface area contributed by atoms with Crippen LogP contribution in [0.1, 0.15) is 27.3 Å². The summed E-state index contributed by atoms with van der Waals surface area (Å²) in [6, 6.07) is 14.2. The van der Waals surface area contributed by atoms with Crippen molar-refractivity contribution in [3.8, 4) is 11.4 Å². The average Bonchev–Trinajstić information content (AvgIpc) is 2.95. The normalized spacial score (nSPS) is 11.0. The number of hydrogen-bond acceptors (Lipinski definition) is 3. The van der Waals surface area contributed by atoms with Gasteiger partial charge in [-0.3, -0.25) is 4.79 Å². The molecule has 0 aliphatic carbocycles. The summed E-state index contributed by atoms with van der Waals surface area (Å²) in [6.45, 7) is 3.94. The molecule has 28 heavy (non-hydrogen) atoms. The monoisotopic (exact) mass is 415 g/mol. The second-order valence-corrected chi connectivity index (χ2v) is 7.03. The van der Waals surface area contributed by atoms with Crippen LogP contribution in [0.25, 0.3) is 5.69 Å². The second kappa shape index (κ2) is 8.50. The number of rotatable bonds is 5. The van der Waals surface area contributed by atoms with Crippen LogP contribution in [0.3, 0.4) is 0 Å². The first-order chi connectivity index (χ1) is 13.4. The number of aromatic nitrogens is 1. The molecule has 1 aromatic heterocycles. The van der Waals surface area contributed by atoms with Crippen molar-refractivity contribution in [1.29, 1.82) is 0 Å². The Balaban J connectivity index is 1.78. The fourth-order valence-corrected chi connectivity index (χ4v) is 3.41. The second-order valence-electron chi connectivity index (χ2n) is 6.19. The van der Waals surface area contributed by atoms with Crippen molar-refractivity contribution < 1.29 is 9.53 Å². The van der Waals surface area contributed by atoms with Crippen LogP contribution < -0.4 is 10.2 Å². The van der Waals surface area contributed by atoms with Crippen molar-refractivity contribution >= 4 is 35.3 Å². The molecular formula is C21H19Cl2N3O2. The molecular weight excluding hydrogens is 397 g/mol. The van der Waals surface area contributed by atoms with Crippen molar-refractivity contribution in [2.45, 2.75) is 13.8 Å². The Morgan fingerprint density at radius 1 is 1.11 bits per heavy atom. The number of halogens is 2. The van der Waals surface area contributed by atoms with E-state index in [-0.39, 0.29) is 5.91 Å². The zero-order chi connectivity index (χ0) is 20.3. The van der Waals surface area contributed by atoms with E-state index >= 15 is 0 Å². The molecule has 0 spiro atoms. The topological polar surface area (TPSA) is 55.6 Å². The molecule has 3 rings (SSSR count). The van der Waals surface area contributed by atoms with Gasteiger partial charge in [-0.05, 0) is 62.4 Å². The summed E-state index contributed by atoms with van der Waals surface area (Å²) in [4.78, 5) is 12.2. The first-order valence-corrected chi connectivity index (χ1v) is 9.28. The fourth-order valence-electron chi connectivity index (χ4n) is 2.92. The standard InChI is InChI=1S/C21H19Cl2N3O2/c1-13-10-16(14(2)26(13)20-9-6-17(22)11-19(20)23)12-24-25-21(27)15-4-7-18(28-3)8-5-15/h4-12H,1-3H3,(H,25,27)/b24-12-. The largest absolute Gasteiger partial charge is 0.497 e. The third kappa shape index (κ3) is 4.21. The molecule has 0 aliphatic heterocycles. The summed E-state index contributed by atoms with van der Waals surface area (Å²) in [5, 5.41) is 5.23. The molecule has 0 saturated heterocycles. The summed E-state index contributed by atoms with van der Waals surface area (Å²) in [6.07, 6.45) is 1.62. The molecule has 0 fully saturated rings. The van der Waals surface area contributed by atoms with Crippen LogP contribution in [0.5, 0.6) is 5.75 Å². The molecule has 0 unspecified atom stereocenters. The molecule has 5 nitrogen and oxygen atoms in total. The highest BCUT2D eigenvalue weighted by Gasteiger charge is 2.12. The Hall–Kier alpha value is -2.76. The number of benzene rings is 2. The number of amides is 1. The Morgan fingerprint density at radius 2 is 1.82 bits per heavy atom. The van der Waals surface area contributed by atoms with E-state index in [2.05, 4.69) is 10.5 Å². The van der Waals surface area contributed by atoms with E-state index in [9.17, 15) is 4.79 Å². The van der Waals surface area contributed by atoms with Gasteiger partial charge in [0.2, 0.25) is 0 Å². The Bertz CT molecular complexity index is 1040. The van der Waals surface area contributed by atoms with Gasteiger partial charge in [0.25, 0.3) is 5.91 Å². The fraction of sp³-hybridized carbons (Fsp3) is 0.143. The molecule has 0 aliphatic rings. The number of aryl methyl sites for hydroxylation is 1. The molecule has 0 radical (unpaired) electrons. The van der Waals surface area contributed by atoms with Crippen molar-refractivity contribution in [3.05, 3.63) is 81.1 Å². The molecule has 2 aromatic carbocycles. The van der Waals surface area contributed by atoms with Gasteiger partial charge in [-0.15, -0.1) is 0 Å². The summed E-state index contributed by atoms with van der Waals surface area (Å²) >= 11 is 12.3. The number of carbonyl (C=O) groups is 1. The predicted octanol–water partition coefficient (Wildman–Crippen LogP) is 5.17. The molecule has 7 heteroatoms. The van der Waals surface area contributed by atoms with Crippen LogP contribution in [0.15, 0.2) is 53.6 Å². The molecule has 0 saturated carbocycles. The SMILES string of the molecule is COc1ccc(C(=O)N/N=C\c2cc(C)n(-c3ccc(Cl)cc3Cl)c2C)cc1. The number of nitrogens with zero attached hydrogens (tertiary/aromatic N) is 2. The minimum Gasteiger partial charge on any atom is -0.497 e. The summed E-state index contributed by atoms with van der Waals surface area (Å²) < 4.78 is 7.10. The van der Waals surface area contributed by atoms with Crippen LogP contribution in [0.4, 0.5) is 0 Å². The zero-order valence-electron chi connectivity index (χ0n) is 15.7. The first kappa shape index (κ1) is 20.0. The number of ether oxygens (including phenoxy) is 1. The van der Waals surface area contributed by atoms with E-state index in [1.165, 1.54) is 0 Å². The number of nitrogens with one attached hydrogen (secondary N) is 1. The van der Waals surface area contributed by atoms with Gasteiger partial charge >= 0.3 is 0 Å². The third-order valence-corrected chi connectivity index (χ3v) is 4.88. The maximum Gasteiger partial charge on any atom is 0.271 e. The van der Waals surface area contributed by atoms with Crippen LogP contribution in [-0.4, -0.2) is 23.8 Å². The van der Waals surface area contributed by atoms with E-state index in [0.29, 0.717) is 21.4 Å². The van der Waals surface area contributed by atoms with E-state index < -0.39 is 0 Å². The smallest absolute Gasteiger partial charge is 0.271 e. The van der Waals surface area contributed by atoms with E-state index in [1.807, 2.05) is 30.5 Å². The third-order valence-electron chi connectivity index (χ3n) is 4.34. The van der Waals surface area contributed by atoms with Crippen molar-refractivity contribution in [2.75, 3.05) is 7.11 Å². The molecule has 3 aromatic rings. The quantitative estimate of drug-likeness (QED) is 0.461. The predicted molar refractivity (Wildman–Crippen MR) is 113 cm³/mol. The minimum atomic E-state index is -0.298. The Morgan fingerprint density at radius 3 is 2.46 bits per heavy atom. The van der Waals surface area contributed by atoms with Gasteiger partial charge < -0.3 is 9.30 Å². The lowest BCUT2D eigenvalue weighted by Crippen LogP contribution is -2.17. The Kier molecular flexibility index (Phi) is 6.07. The lowest BCUT2D eigenvalue weighted by molar-refractivity contribution is 0.0955.